The number of sulfonamides is 1. The predicted octanol–water partition coefficient (Wildman–Crippen LogP) is 1.24. The Balaban J connectivity index is 2.22. The van der Waals surface area contributed by atoms with Crippen LogP contribution in [-0.4, -0.2) is 25.8 Å². The van der Waals surface area contributed by atoms with E-state index in [2.05, 4.69) is 5.92 Å². The van der Waals surface area contributed by atoms with Gasteiger partial charge in [-0.15, -0.1) is 17.8 Å². The van der Waals surface area contributed by atoms with Crippen molar-refractivity contribution in [3.63, 3.8) is 0 Å². The molecule has 2 rings (SSSR count). The maximum absolute atomic E-state index is 12.4. The van der Waals surface area contributed by atoms with E-state index in [9.17, 15) is 8.42 Å². The quantitative estimate of drug-likeness (QED) is 0.799. The largest absolute Gasteiger partial charge is 0.326 e. The molecule has 0 aliphatic heterocycles. The summed E-state index contributed by atoms with van der Waals surface area (Å²) in [6.45, 7) is 1.02. The molecule has 1 aromatic rings. The van der Waals surface area contributed by atoms with Gasteiger partial charge in [0.25, 0.3) is 0 Å². The first kappa shape index (κ1) is 13.6. The van der Waals surface area contributed by atoms with Crippen molar-refractivity contribution in [2.75, 3.05) is 13.1 Å². The standard InChI is InChI=1S/C12H16N2O2S2/c1-2-5-14(8-10-3-4-10)18(15,16)12-6-11(7-13)17-9-12/h1,6,9-10H,3-5,7-8,13H2. The molecule has 0 spiro atoms. The summed E-state index contributed by atoms with van der Waals surface area (Å²) in [5, 5.41) is 1.63. The van der Waals surface area contributed by atoms with Crippen molar-refractivity contribution < 1.29 is 8.42 Å². The van der Waals surface area contributed by atoms with Crippen LogP contribution >= 0.6 is 11.3 Å². The summed E-state index contributed by atoms with van der Waals surface area (Å²) in [5.74, 6) is 2.90. The SMILES string of the molecule is C#CCN(CC1CC1)S(=O)(=O)c1csc(CN)c1. The van der Waals surface area contributed by atoms with Crippen molar-refractivity contribution in [2.24, 2.45) is 11.7 Å². The summed E-state index contributed by atoms with van der Waals surface area (Å²) >= 11 is 1.36. The van der Waals surface area contributed by atoms with Crippen LogP contribution in [-0.2, 0) is 16.6 Å². The molecule has 2 N–H and O–H groups in total. The molecule has 1 fully saturated rings. The molecule has 0 bridgehead atoms. The summed E-state index contributed by atoms with van der Waals surface area (Å²) < 4.78 is 26.2. The van der Waals surface area contributed by atoms with Gasteiger partial charge < -0.3 is 5.73 Å². The highest BCUT2D eigenvalue weighted by Gasteiger charge is 2.31. The molecule has 0 amide bonds. The van der Waals surface area contributed by atoms with Crippen LogP contribution in [0.1, 0.15) is 17.7 Å². The van der Waals surface area contributed by atoms with Crippen LogP contribution in [0, 0.1) is 18.3 Å². The van der Waals surface area contributed by atoms with Crippen LogP contribution < -0.4 is 5.73 Å². The summed E-state index contributed by atoms with van der Waals surface area (Å²) in [6, 6.07) is 1.64. The Hall–Kier alpha value is -0.870. The molecule has 0 saturated heterocycles. The minimum atomic E-state index is -3.46. The number of hydrogen-bond acceptors (Lipinski definition) is 4. The molecule has 1 saturated carbocycles. The summed E-state index contributed by atoms with van der Waals surface area (Å²) in [4.78, 5) is 1.17. The smallest absolute Gasteiger partial charge is 0.244 e. The average molecular weight is 284 g/mol. The van der Waals surface area contributed by atoms with Gasteiger partial charge in [-0.25, -0.2) is 8.42 Å². The van der Waals surface area contributed by atoms with Crippen molar-refractivity contribution in [2.45, 2.75) is 24.3 Å². The van der Waals surface area contributed by atoms with Crippen molar-refractivity contribution in [3.8, 4) is 12.3 Å². The van der Waals surface area contributed by atoms with Crippen LogP contribution in [0.3, 0.4) is 0 Å². The first-order chi connectivity index (χ1) is 8.57. The van der Waals surface area contributed by atoms with E-state index in [1.165, 1.54) is 15.6 Å². The Morgan fingerprint density at radius 3 is 2.78 bits per heavy atom. The zero-order valence-electron chi connectivity index (χ0n) is 10.0. The summed E-state index contributed by atoms with van der Waals surface area (Å²) in [6.07, 6.45) is 7.44. The van der Waals surface area contributed by atoms with Gasteiger partial charge in [-0.05, 0) is 24.8 Å². The van der Waals surface area contributed by atoms with Gasteiger partial charge in [0.15, 0.2) is 0 Å². The van der Waals surface area contributed by atoms with Gasteiger partial charge in [0.2, 0.25) is 10.0 Å². The van der Waals surface area contributed by atoms with Gasteiger partial charge in [-0.1, -0.05) is 5.92 Å². The molecule has 4 nitrogen and oxygen atoms in total. The Morgan fingerprint density at radius 1 is 1.56 bits per heavy atom. The Kier molecular flexibility index (Phi) is 4.07. The topological polar surface area (TPSA) is 63.4 Å². The molecule has 0 aromatic carbocycles. The maximum atomic E-state index is 12.4. The van der Waals surface area contributed by atoms with E-state index in [4.69, 9.17) is 12.2 Å². The highest BCUT2D eigenvalue weighted by Crippen LogP contribution is 2.32. The molecule has 0 atom stereocenters. The summed E-state index contributed by atoms with van der Waals surface area (Å²) in [5.41, 5.74) is 5.50. The van der Waals surface area contributed by atoms with Crippen LogP contribution in [0.15, 0.2) is 16.3 Å². The molecule has 98 valence electrons. The zero-order chi connectivity index (χ0) is 13.2. The van der Waals surface area contributed by atoms with Crippen LogP contribution in [0.25, 0.3) is 0 Å². The summed E-state index contributed by atoms with van der Waals surface area (Å²) in [7, 11) is -3.46. The minimum absolute atomic E-state index is 0.132. The third-order valence-corrected chi connectivity index (χ3v) is 5.79. The van der Waals surface area contributed by atoms with Crippen molar-refractivity contribution in [1.29, 1.82) is 0 Å². The molecular weight excluding hydrogens is 268 g/mol. The number of hydrogen-bond donors (Lipinski definition) is 1. The lowest BCUT2D eigenvalue weighted by Gasteiger charge is -2.18. The number of nitrogens with two attached hydrogens (primary N) is 1. The molecule has 0 radical (unpaired) electrons. The highest BCUT2D eigenvalue weighted by molar-refractivity contribution is 7.89. The number of thiophene rings is 1. The monoisotopic (exact) mass is 284 g/mol. The molecular formula is C12H16N2O2S2. The molecule has 1 aromatic heterocycles. The molecule has 1 heterocycles. The number of terminal acetylenes is 1. The predicted molar refractivity (Wildman–Crippen MR) is 72.5 cm³/mol. The fourth-order valence-corrected chi connectivity index (χ4v) is 4.26. The lowest BCUT2D eigenvalue weighted by Crippen LogP contribution is -2.33. The third-order valence-electron chi connectivity index (χ3n) is 2.90. The van der Waals surface area contributed by atoms with Gasteiger partial charge in [0.1, 0.15) is 0 Å². The van der Waals surface area contributed by atoms with E-state index >= 15 is 0 Å². The Labute approximate surface area is 112 Å². The minimum Gasteiger partial charge on any atom is -0.326 e. The van der Waals surface area contributed by atoms with E-state index in [-0.39, 0.29) is 6.54 Å². The first-order valence-corrected chi connectivity index (χ1v) is 8.11. The zero-order valence-corrected chi connectivity index (χ0v) is 11.6. The fourth-order valence-electron chi connectivity index (χ4n) is 1.69. The molecule has 1 aliphatic rings. The molecule has 6 heteroatoms. The second-order valence-corrected chi connectivity index (χ2v) is 7.33. The Bertz CT molecular complexity index is 553. The van der Waals surface area contributed by atoms with Gasteiger partial charge in [-0.2, -0.15) is 4.31 Å². The van der Waals surface area contributed by atoms with Gasteiger partial charge >= 0.3 is 0 Å². The number of nitrogens with zero attached hydrogens (tertiary/aromatic N) is 1. The van der Waals surface area contributed by atoms with E-state index in [0.29, 0.717) is 23.9 Å². The fraction of sp³-hybridized carbons (Fsp3) is 0.500. The molecule has 1 aliphatic carbocycles. The van der Waals surface area contributed by atoms with Gasteiger partial charge in [-0.3, -0.25) is 0 Å². The van der Waals surface area contributed by atoms with Gasteiger partial charge in [0, 0.05) is 23.3 Å². The Morgan fingerprint density at radius 2 is 2.28 bits per heavy atom. The number of rotatable bonds is 6. The van der Waals surface area contributed by atoms with Crippen molar-refractivity contribution in [1.82, 2.24) is 4.31 Å². The normalized spacial score (nSPS) is 15.8. The third kappa shape index (κ3) is 2.93. The second-order valence-electron chi connectivity index (χ2n) is 4.40. The molecule has 18 heavy (non-hydrogen) atoms. The van der Waals surface area contributed by atoms with E-state index in [0.717, 1.165) is 17.7 Å². The van der Waals surface area contributed by atoms with Crippen LogP contribution in [0.2, 0.25) is 0 Å². The van der Waals surface area contributed by atoms with E-state index < -0.39 is 10.0 Å². The second kappa shape index (κ2) is 5.41. The van der Waals surface area contributed by atoms with Gasteiger partial charge in [0.05, 0.1) is 11.4 Å². The van der Waals surface area contributed by atoms with Crippen molar-refractivity contribution in [3.05, 3.63) is 16.3 Å². The lowest BCUT2D eigenvalue weighted by atomic mass is 10.4. The lowest BCUT2D eigenvalue weighted by molar-refractivity contribution is 0.430. The van der Waals surface area contributed by atoms with E-state index in [1.807, 2.05) is 0 Å². The van der Waals surface area contributed by atoms with Crippen molar-refractivity contribution >= 4 is 21.4 Å². The highest BCUT2D eigenvalue weighted by atomic mass is 32.2. The van der Waals surface area contributed by atoms with Crippen LogP contribution in [0.5, 0.6) is 0 Å². The maximum Gasteiger partial charge on any atom is 0.244 e. The first-order valence-electron chi connectivity index (χ1n) is 5.79. The van der Waals surface area contributed by atoms with Crippen LogP contribution in [0.4, 0.5) is 0 Å². The average Bonchev–Trinajstić information content (AvgIpc) is 3.02. The van der Waals surface area contributed by atoms with E-state index in [1.54, 1.807) is 11.4 Å². The molecule has 0 unspecified atom stereocenters.